The predicted molar refractivity (Wildman–Crippen MR) is 67.6 cm³/mol. The Morgan fingerprint density at radius 3 is 2.40 bits per heavy atom. The van der Waals surface area contributed by atoms with Gasteiger partial charge < -0.3 is 10.2 Å². The molecule has 0 radical (unpaired) electrons. The molecular formula is C13H22N2. The maximum Gasteiger partial charge on any atom is 0.0393 e. The van der Waals surface area contributed by atoms with E-state index in [4.69, 9.17) is 0 Å². The third-order valence-electron chi connectivity index (χ3n) is 2.84. The number of hydrogen-bond donors (Lipinski definition) is 1. The number of aryl methyl sites for hydroxylation is 1. The second-order valence-electron chi connectivity index (χ2n) is 4.78. The minimum Gasteiger partial charge on any atom is -0.373 e. The van der Waals surface area contributed by atoms with Crippen molar-refractivity contribution in [2.24, 2.45) is 0 Å². The molecule has 0 aliphatic carbocycles. The molecule has 0 spiro atoms. The average Bonchev–Trinajstić information content (AvgIpc) is 2.17. The van der Waals surface area contributed by atoms with E-state index < -0.39 is 0 Å². The lowest BCUT2D eigenvalue weighted by molar-refractivity contribution is 0.428. The molecular weight excluding hydrogens is 184 g/mol. The van der Waals surface area contributed by atoms with Gasteiger partial charge in [-0.15, -0.1) is 0 Å². The molecule has 0 atom stereocenters. The molecule has 1 aromatic rings. The zero-order valence-electron chi connectivity index (χ0n) is 10.5. The molecule has 15 heavy (non-hydrogen) atoms. The summed E-state index contributed by atoms with van der Waals surface area (Å²) >= 11 is 0. The van der Waals surface area contributed by atoms with Crippen LogP contribution in [0.15, 0.2) is 24.3 Å². The summed E-state index contributed by atoms with van der Waals surface area (Å²) in [6.45, 7) is 7.57. The van der Waals surface area contributed by atoms with Crippen LogP contribution in [0, 0.1) is 6.92 Å². The first-order valence-electron chi connectivity index (χ1n) is 5.42. The number of anilines is 1. The van der Waals surface area contributed by atoms with Crippen LogP contribution < -0.4 is 10.2 Å². The molecule has 0 fully saturated rings. The van der Waals surface area contributed by atoms with E-state index in [2.05, 4.69) is 62.3 Å². The second kappa shape index (κ2) is 4.67. The van der Waals surface area contributed by atoms with Crippen LogP contribution in [0.2, 0.25) is 0 Å². The number of benzene rings is 1. The Bertz CT molecular complexity index is 318. The van der Waals surface area contributed by atoms with Crippen molar-refractivity contribution >= 4 is 5.69 Å². The van der Waals surface area contributed by atoms with Gasteiger partial charge in [0.15, 0.2) is 0 Å². The Morgan fingerprint density at radius 2 is 1.87 bits per heavy atom. The molecule has 1 rings (SSSR count). The molecule has 2 heteroatoms. The van der Waals surface area contributed by atoms with Crippen LogP contribution in [0.3, 0.4) is 0 Å². The largest absolute Gasteiger partial charge is 0.373 e. The van der Waals surface area contributed by atoms with E-state index in [-0.39, 0.29) is 5.54 Å². The molecule has 0 aliphatic heterocycles. The molecule has 0 saturated carbocycles. The number of likely N-dealkylation sites (N-methyl/N-ethyl adjacent to an activating group) is 2. The Balaban J connectivity index is 2.78. The lowest BCUT2D eigenvalue weighted by Gasteiger charge is -2.32. The number of hydrogen-bond acceptors (Lipinski definition) is 2. The van der Waals surface area contributed by atoms with Crippen LogP contribution in [-0.4, -0.2) is 26.2 Å². The standard InChI is InChI=1S/C13H22N2/c1-11-8-6-7-9-12(11)15(5)10-13(2,3)14-4/h6-9,14H,10H2,1-5H3. The minimum atomic E-state index is 0.136. The van der Waals surface area contributed by atoms with Gasteiger partial charge in [-0.05, 0) is 39.4 Å². The van der Waals surface area contributed by atoms with E-state index in [0.29, 0.717) is 0 Å². The topological polar surface area (TPSA) is 15.3 Å². The molecule has 0 bridgehead atoms. The predicted octanol–water partition coefficient (Wildman–Crippen LogP) is 2.43. The zero-order chi connectivity index (χ0) is 11.5. The molecule has 1 N–H and O–H groups in total. The van der Waals surface area contributed by atoms with E-state index in [1.54, 1.807) is 0 Å². The van der Waals surface area contributed by atoms with Gasteiger partial charge in [-0.25, -0.2) is 0 Å². The summed E-state index contributed by atoms with van der Waals surface area (Å²) in [4.78, 5) is 2.30. The van der Waals surface area contributed by atoms with E-state index in [0.717, 1.165) is 6.54 Å². The smallest absolute Gasteiger partial charge is 0.0393 e. The van der Waals surface area contributed by atoms with Crippen molar-refractivity contribution in [3.8, 4) is 0 Å². The first kappa shape index (κ1) is 12.1. The first-order chi connectivity index (χ1) is 6.96. The number of para-hydroxylation sites is 1. The Morgan fingerprint density at radius 1 is 1.27 bits per heavy atom. The van der Waals surface area contributed by atoms with Gasteiger partial charge in [0.25, 0.3) is 0 Å². The third kappa shape index (κ3) is 3.24. The molecule has 0 unspecified atom stereocenters. The maximum absolute atomic E-state index is 3.32. The fourth-order valence-electron chi connectivity index (χ4n) is 1.75. The van der Waals surface area contributed by atoms with Gasteiger partial charge in [-0.3, -0.25) is 0 Å². The highest BCUT2D eigenvalue weighted by atomic mass is 15.1. The highest BCUT2D eigenvalue weighted by molar-refractivity contribution is 5.52. The Labute approximate surface area is 93.3 Å². The fourth-order valence-corrected chi connectivity index (χ4v) is 1.75. The highest BCUT2D eigenvalue weighted by Crippen LogP contribution is 2.19. The Kier molecular flexibility index (Phi) is 3.75. The van der Waals surface area contributed by atoms with E-state index in [1.807, 2.05) is 7.05 Å². The van der Waals surface area contributed by atoms with Crippen LogP contribution >= 0.6 is 0 Å². The van der Waals surface area contributed by atoms with Crippen LogP contribution in [0.25, 0.3) is 0 Å². The van der Waals surface area contributed by atoms with Crippen molar-refractivity contribution in [1.82, 2.24) is 5.32 Å². The first-order valence-corrected chi connectivity index (χ1v) is 5.42. The summed E-state index contributed by atoms with van der Waals surface area (Å²) in [6, 6.07) is 8.49. The van der Waals surface area contributed by atoms with Crippen LogP contribution in [0.5, 0.6) is 0 Å². The lowest BCUT2D eigenvalue weighted by atomic mass is 10.0. The summed E-state index contributed by atoms with van der Waals surface area (Å²) < 4.78 is 0. The van der Waals surface area contributed by atoms with E-state index >= 15 is 0 Å². The second-order valence-corrected chi connectivity index (χ2v) is 4.78. The number of rotatable bonds is 4. The number of nitrogens with one attached hydrogen (secondary N) is 1. The lowest BCUT2D eigenvalue weighted by Crippen LogP contribution is -2.46. The molecule has 2 nitrogen and oxygen atoms in total. The summed E-state index contributed by atoms with van der Waals surface area (Å²) in [7, 11) is 4.15. The third-order valence-corrected chi connectivity index (χ3v) is 2.84. The summed E-state index contributed by atoms with van der Waals surface area (Å²) in [5.41, 5.74) is 2.77. The molecule has 84 valence electrons. The monoisotopic (exact) mass is 206 g/mol. The zero-order valence-corrected chi connectivity index (χ0v) is 10.5. The molecule has 0 aromatic heterocycles. The molecule has 0 saturated heterocycles. The summed E-state index contributed by atoms with van der Waals surface area (Å²) in [5.74, 6) is 0. The molecule has 1 aromatic carbocycles. The summed E-state index contributed by atoms with van der Waals surface area (Å²) in [6.07, 6.45) is 0. The van der Waals surface area contributed by atoms with Gasteiger partial charge in [-0.2, -0.15) is 0 Å². The van der Waals surface area contributed by atoms with Crippen molar-refractivity contribution in [3.05, 3.63) is 29.8 Å². The fraction of sp³-hybridized carbons (Fsp3) is 0.538. The minimum absolute atomic E-state index is 0.136. The van der Waals surface area contributed by atoms with Crippen molar-refractivity contribution < 1.29 is 0 Å². The van der Waals surface area contributed by atoms with Crippen LogP contribution in [-0.2, 0) is 0 Å². The van der Waals surface area contributed by atoms with Gasteiger partial charge in [-0.1, -0.05) is 18.2 Å². The van der Waals surface area contributed by atoms with Crippen LogP contribution in [0.4, 0.5) is 5.69 Å². The van der Waals surface area contributed by atoms with Crippen molar-refractivity contribution in [2.45, 2.75) is 26.3 Å². The highest BCUT2D eigenvalue weighted by Gasteiger charge is 2.17. The summed E-state index contributed by atoms with van der Waals surface area (Å²) in [5, 5.41) is 3.32. The van der Waals surface area contributed by atoms with Crippen molar-refractivity contribution in [1.29, 1.82) is 0 Å². The quantitative estimate of drug-likeness (QED) is 0.814. The van der Waals surface area contributed by atoms with Crippen molar-refractivity contribution in [3.63, 3.8) is 0 Å². The normalized spacial score (nSPS) is 11.5. The SMILES string of the molecule is CNC(C)(C)CN(C)c1ccccc1C. The van der Waals surface area contributed by atoms with Gasteiger partial charge in [0, 0.05) is 24.8 Å². The molecule has 0 heterocycles. The molecule has 0 aliphatic rings. The Hall–Kier alpha value is -1.02. The number of nitrogens with zero attached hydrogens (tertiary/aromatic N) is 1. The van der Waals surface area contributed by atoms with Gasteiger partial charge in [0.05, 0.1) is 0 Å². The molecule has 0 amide bonds. The van der Waals surface area contributed by atoms with Crippen LogP contribution in [0.1, 0.15) is 19.4 Å². The van der Waals surface area contributed by atoms with Crippen molar-refractivity contribution in [2.75, 3.05) is 25.5 Å². The van der Waals surface area contributed by atoms with Gasteiger partial charge in [0.2, 0.25) is 0 Å². The maximum atomic E-state index is 3.32. The van der Waals surface area contributed by atoms with E-state index in [1.165, 1.54) is 11.3 Å². The average molecular weight is 206 g/mol. The van der Waals surface area contributed by atoms with Gasteiger partial charge >= 0.3 is 0 Å². The van der Waals surface area contributed by atoms with E-state index in [9.17, 15) is 0 Å². The van der Waals surface area contributed by atoms with Gasteiger partial charge in [0.1, 0.15) is 0 Å².